The van der Waals surface area contributed by atoms with Gasteiger partial charge >= 0.3 is 5.97 Å². The van der Waals surface area contributed by atoms with Crippen LogP contribution in [-0.4, -0.2) is 59.2 Å². The highest BCUT2D eigenvalue weighted by Crippen LogP contribution is 2.21. The Morgan fingerprint density at radius 2 is 2.20 bits per heavy atom. The lowest BCUT2D eigenvalue weighted by Gasteiger charge is -2.22. The highest BCUT2D eigenvalue weighted by molar-refractivity contribution is 7.99. The van der Waals surface area contributed by atoms with Crippen LogP contribution in [0.4, 0.5) is 0 Å². The van der Waals surface area contributed by atoms with Crippen LogP contribution in [0.5, 0.6) is 0 Å². The molecule has 0 aromatic carbocycles. The van der Waals surface area contributed by atoms with Crippen LogP contribution in [-0.2, 0) is 14.3 Å². The summed E-state index contributed by atoms with van der Waals surface area (Å²) < 4.78 is 4.61. The monoisotopic (exact) mass is 371 g/mol. The van der Waals surface area contributed by atoms with Crippen LogP contribution in [0.3, 0.4) is 0 Å². The van der Waals surface area contributed by atoms with Gasteiger partial charge in [0.15, 0.2) is 0 Å². The number of amides is 1. The maximum absolute atomic E-state index is 12.0. The van der Waals surface area contributed by atoms with Crippen molar-refractivity contribution in [1.82, 2.24) is 4.90 Å². The molecular formula is C19H33NO4S. The van der Waals surface area contributed by atoms with E-state index in [1.165, 1.54) is 7.11 Å². The van der Waals surface area contributed by atoms with Crippen molar-refractivity contribution in [2.45, 2.75) is 70.4 Å². The van der Waals surface area contributed by atoms with Crippen LogP contribution in [0.15, 0.2) is 12.2 Å². The predicted molar refractivity (Wildman–Crippen MR) is 103 cm³/mol. The van der Waals surface area contributed by atoms with Crippen molar-refractivity contribution in [2.75, 3.05) is 25.2 Å². The number of hydrogen-bond donors (Lipinski definition) is 1. The fraction of sp³-hybridized carbons (Fsp3) is 0.789. The van der Waals surface area contributed by atoms with E-state index in [-0.39, 0.29) is 17.9 Å². The highest BCUT2D eigenvalue weighted by atomic mass is 32.2. The Hall–Kier alpha value is -1.01. The summed E-state index contributed by atoms with van der Waals surface area (Å²) in [6.45, 7) is 2.88. The van der Waals surface area contributed by atoms with E-state index >= 15 is 0 Å². The van der Waals surface area contributed by atoms with E-state index in [4.69, 9.17) is 0 Å². The zero-order valence-corrected chi connectivity index (χ0v) is 16.4. The van der Waals surface area contributed by atoms with Crippen LogP contribution in [0.1, 0.15) is 58.3 Å². The molecule has 1 unspecified atom stereocenters. The van der Waals surface area contributed by atoms with Crippen molar-refractivity contribution < 1.29 is 19.4 Å². The molecule has 0 spiro atoms. The normalized spacial score (nSPS) is 18.9. The summed E-state index contributed by atoms with van der Waals surface area (Å²) in [6.07, 6.45) is 10.3. The number of carbonyl (C=O) groups is 2. The maximum Gasteiger partial charge on any atom is 0.305 e. The summed E-state index contributed by atoms with van der Waals surface area (Å²) in [7, 11) is 1.41. The number of esters is 1. The Morgan fingerprint density at radius 3 is 2.92 bits per heavy atom. The zero-order valence-electron chi connectivity index (χ0n) is 15.6. The molecule has 0 saturated carbocycles. The number of ether oxygens (including phenoxy) is 1. The van der Waals surface area contributed by atoms with E-state index in [1.807, 2.05) is 17.1 Å². The van der Waals surface area contributed by atoms with Crippen molar-refractivity contribution >= 4 is 23.6 Å². The Morgan fingerprint density at radius 1 is 1.40 bits per heavy atom. The van der Waals surface area contributed by atoms with Crippen LogP contribution in [0.25, 0.3) is 0 Å². The molecule has 0 aromatic heterocycles. The molecule has 25 heavy (non-hydrogen) atoms. The first kappa shape index (κ1) is 22.0. The molecule has 2 atom stereocenters. The number of unbranched alkanes of at least 4 members (excludes halogenated alkanes) is 2. The van der Waals surface area contributed by atoms with Gasteiger partial charge in [0, 0.05) is 25.1 Å². The maximum atomic E-state index is 12.0. The average molecular weight is 372 g/mol. The topological polar surface area (TPSA) is 66.8 Å². The Labute approximate surface area is 156 Å². The molecule has 1 N–H and O–H groups in total. The number of aliphatic hydroxyl groups excluding tert-OH is 1. The fourth-order valence-electron chi connectivity index (χ4n) is 2.89. The number of methoxy groups -OCH3 is 1. The number of aliphatic hydroxyl groups is 1. The van der Waals surface area contributed by atoms with Gasteiger partial charge in [0.1, 0.15) is 0 Å². The summed E-state index contributed by atoms with van der Waals surface area (Å²) in [4.78, 5) is 25.0. The smallest absolute Gasteiger partial charge is 0.305 e. The van der Waals surface area contributed by atoms with Gasteiger partial charge in [0.2, 0.25) is 5.91 Å². The minimum Gasteiger partial charge on any atom is -0.469 e. The third-order valence-corrected chi connectivity index (χ3v) is 5.46. The number of likely N-dealkylation sites (tertiary alicyclic amines) is 1. The summed E-state index contributed by atoms with van der Waals surface area (Å²) in [5.41, 5.74) is 0. The quantitative estimate of drug-likeness (QED) is 0.306. The summed E-state index contributed by atoms with van der Waals surface area (Å²) in [6, 6.07) is 0.115. The van der Waals surface area contributed by atoms with Crippen LogP contribution in [0, 0.1) is 0 Å². The lowest BCUT2D eigenvalue weighted by atomic mass is 10.1. The number of nitrogens with zero attached hydrogens (tertiary/aromatic N) is 1. The second-order valence-electron chi connectivity index (χ2n) is 6.43. The van der Waals surface area contributed by atoms with Gasteiger partial charge in [0.05, 0.1) is 19.3 Å². The van der Waals surface area contributed by atoms with Crippen molar-refractivity contribution in [3.8, 4) is 0 Å². The molecule has 1 amide bonds. The molecule has 6 heteroatoms. The third-order valence-electron chi connectivity index (χ3n) is 4.41. The van der Waals surface area contributed by atoms with Crippen LogP contribution < -0.4 is 0 Å². The number of rotatable bonds is 13. The summed E-state index contributed by atoms with van der Waals surface area (Å²) in [5.74, 6) is 1.80. The van der Waals surface area contributed by atoms with Gasteiger partial charge in [-0.3, -0.25) is 9.59 Å². The molecule has 0 bridgehead atoms. The Bertz CT molecular complexity index is 428. The first-order chi connectivity index (χ1) is 12.1. The molecule has 0 aliphatic carbocycles. The molecular weight excluding hydrogens is 338 g/mol. The Kier molecular flexibility index (Phi) is 11.7. The van der Waals surface area contributed by atoms with Gasteiger partial charge in [-0.2, -0.15) is 11.8 Å². The molecule has 1 fully saturated rings. The summed E-state index contributed by atoms with van der Waals surface area (Å²) >= 11 is 1.76. The second kappa shape index (κ2) is 13.2. The first-order valence-electron chi connectivity index (χ1n) is 9.38. The van der Waals surface area contributed by atoms with Gasteiger partial charge in [-0.05, 0) is 25.0 Å². The van der Waals surface area contributed by atoms with Crippen molar-refractivity contribution in [3.05, 3.63) is 12.2 Å². The number of thioether (sulfide) groups is 1. The minimum absolute atomic E-state index is 0.115. The lowest BCUT2D eigenvalue weighted by Crippen LogP contribution is -2.34. The van der Waals surface area contributed by atoms with E-state index in [9.17, 15) is 14.7 Å². The molecule has 1 saturated heterocycles. The fourth-order valence-corrected chi connectivity index (χ4v) is 3.77. The van der Waals surface area contributed by atoms with E-state index in [0.29, 0.717) is 12.8 Å². The highest BCUT2D eigenvalue weighted by Gasteiger charge is 2.28. The molecule has 1 aliphatic heterocycles. The SMILES string of the molecule is CCCCCC(O)C=C[C@H]1CCC(=O)N1CCSCCCC(=O)OC. The number of carbonyl (C=O) groups excluding carboxylic acids is 2. The molecule has 5 nitrogen and oxygen atoms in total. The molecule has 1 aliphatic rings. The zero-order chi connectivity index (χ0) is 18.5. The van der Waals surface area contributed by atoms with Crippen molar-refractivity contribution in [1.29, 1.82) is 0 Å². The second-order valence-corrected chi connectivity index (χ2v) is 7.66. The van der Waals surface area contributed by atoms with Gasteiger partial charge < -0.3 is 14.7 Å². The molecule has 0 radical (unpaired) electrons. The van der Waals surface area contributed by atoms with Gasteiger partial charge in [-0.15, -0.1) is 0 Å². The van der Waals surface area contributed by atoms with E-state index in [1.54, 1.807) is 11.8 Å². The van der Waals surface area contributed by atoms with Crippen LogP contribution >= 0.6 is 11.8 Å². The van der Waals surface area contributed by atoms with E-state index in [2.05, 4.69) is 11.7 Å². The van der Waals surface area contributed by atoms with E-state index in [0.717, 1.165) is 56.6 Å². The molecule has 1 rings (SSSR count). The summed E-state index contributed by atoms with van der Waals surface area (Å²) in [5, 5.41) is 9.99. The Balaban J connectivity index is 2.26. The van der Waals surface area contributed by atoms with E-state index < -0.39 is 6.10 Å². The van der Waals surface area contributed by atoms with Crippen molar-refractivity contribution in [2.24, 2.45) is 0 Å². The standard InChI is InChI=1S/C19H33NO4S/c1-3-4-5-7-17(21)11-9-16-10-12-18(22)20(16)13-15-25-14-6-8-19(23)24-2/h9,11,16-17,21H,3-8,10,12-15H2,1-2H3/t16-,17?/m0/s1. The van der Waals surface area contributed by atoms with Gasteiger partial charge in [0.25, 0.3) is 0 Å². The van der Waals surface area contributed by atoms with Crippen molar-refractivity contribution in [3.63, 3.8) is 0 Å². The lowest BCUT2D eigenvalue weighted by molar-refractivity contribution is -0.140. The molecule has 144 valence electrons. The van der Waals surface area contributed by atoms with Crippen LogP contribution in [0.2, 0.25) is 0 Å². The van der Waals surface area contributed by atoms with Gasteiger partial charge in [-0.25, -0.2) is 0 Å². The first-order valence-corrected chi connectivity index (χ1v) is 10.5. The third kappa shape index (κ3) is 9.31. The average Bonchev–Trinajstić information content (AvgIpc) is 2.96. The molecule has 1 heterocycles. The number of hydrogen-bond acceptors (Lipinski definition) is 5. The van der Waals surface area contributed by atoms with Gasteiger partial charge in [-0.1, -0.05) is 38.3 Å². The predicted octanol–water partition coefficient (Wildman–Crippen LogP) is 3.16. The largest absolute Gasteiger partial charge is 0.469 e. The molecule has 0 aromatic rings. The minimum atomic E-state index is -0.406.